The lowest BCUT2D eigenvalue weighted by molar-refractivity contribution is 0.0492. The van der Waals surface area contributed by atoms with Crippen LogP contribution in [0.1, 0.15) is 32.6 Å². The molecule has 2 heteroatoms. The second kappa shape index (κ2) is 8.75. The Hall–Kier alpha value is -0.340. The number of aliphatic hydroxyl groups is 1. The van der Waals surface area contributed by atoms with Crippen LogP contribution in [0.2, 0.25) is 0 Å². The first kappa shape index (κ1) is 11.7. The molecule has 0 aliphatic rings. The first-order chi connectivity index (χ1) is 5.85. The molecule has 0 spiro atoms. The van der Waals surface area contributed by atoms with Crippen molar-refractivity contribution >= 4 is 0 Å². The molecular formula is C10H20O2. The molecule has 0 aliphatic carbocycles. The quantitative estimate of drug-likeness (QED) is 0.449. The highest BCUT2D eigenvalue weighted by molar-refractivity contribution is 4.79. The van der Waals surface area contributed by atoms with Crippen LogP contribution in [-0.2, 0) is 4.74 Å². The van der Waals surface area contributed by atoms with E-state index in [1.54, 1.807) is 0 Å². The van der Waals surface area contributed by atoms with Gasteiger partial charge in [-0.1, -0.05) is 32.3 Å². The van der Waals surface area contributed by atoms with E-state index in [9.17, 15) is 0 Å². The Labute approximate surface area is 75.2 Å². The van der Waals surface area contributed by atoms with E-state index in [1.807, 2.05) is 6.08 Å². The summed E-state index contributed by atoms with van der Waals surface area (Å²) in [6, 6.07) is 0. The zero-order valence-corrected chi connectivity index (χ0v) is 7.96. The van der Waals surface area contributed by atoms with Gasteiger partial charge in [0.2, 0.25) is 0 Å². The Morgan fingerprint density at radius 3 is 2.75 bits per heavy atom. The van der Waals surface area contributed by atoms with Crippen LogP contribution >= 0.6 is 0 Å². The lowest BCUT2D eigenvalue weighted by Crippen LogP contribution is -2.12. The van der Waals surface area contributed by atoms with E-state index in [4.69, 9.17) is 9.84 Å². The van der Waals surface area contributed by atoms with Gasteiger partial charge in [0.1, 0.15) is 0 Å². The number of aliphatic hydroxyl groups excluding tert-OH is 1. The van der Waals surface area contributed by atoms with Gasteiger partial charge in [-0.15, -0.1) is 6.58 Å². The van der Waals surface area contributed by atoms with Crippen LogP contribution in [0.5, 0.6) is 0 Å². The van der Waals surface area contributed by atoms with E-state index in [-0.39, 0.29) is 12.7 Å². The number of hydrogen-bond donors (Lipinski definition) is 1. The highest BCUT2D eigenvalue weighted by Gasteiger charge is 2.02. The summed E-state index contributed by atoms with van der Waals surface area (Å²) in [4.78, 5) is 0. The van der Waals surface area contributed by atoms with Crippen molar-refractivity contribution < 1.29 is 9.84 Å². The Morgan fingerprint density at radius 1 is 1.50 bits per heavy atom. The van der Waals surface area contributed by atoms with Crippen molar-refractivity contribution in [2.75, 3.05) is 13.2 Å². The summed E-state index contributed by atoms with van der Waals surface area (Å²) in [5.41, 5.74) is 0. The molecule has 0 rings (SSSR count). The summed E-state index contributed by atoms with van der Waals surface area (Å²) in [6.07, 6.45) is 6.61. The fraction of sp³-hybridized carbons (Fsp3) is 0.800. The highest BCUT2D eigenvalue weighted by Crippen LogP contribution is 2.07. The molecular weight excluding hydrogens is 152 g/mol. The number of rotatable bonds is 8. The third kappa shape index (κ3) is 6.38. The molecule has 1 atom stereocenters. The molecule has 0 aromatic carbocycles. The molecule has 1 unspecified atom stereocenters. The summed E-state index contributed by atoms with van der Waals surface area (Å²) in [5.74, 6) is 0. The molecule has 0 bridgehead atoms. The van der Waals surface area contributed by atoms with Gasteiger partial charge in [-0.2, -0.15) is 0 Å². The van der Waals surface area contributed by atoms with Crippen molar-refractivity contribution in [3.05, 3.63) is 12.7 Å². The third-order valence-electron chi connectivity index (χ3n) is 1.78. The maximum absolute atomic E-state index is 8.52. The SMILES string of the molecule is C=CC(CCCCC)OCCO. The highest BCUT2D eigenvalue weighted by atomic mass is 16.5. The fourth-order valence-electron chi connectivity index (χ4n) is 1.07. The van der Waals surface area contributed by atoms with E-state index in [2.05, 4.69) is 13.5 Å². The van der Waals surface area contributed by atoms with Gasteiger partial charge in [-0.3, -0.25) is 0 Å². The summed E-state index contributed by atoms with van der Waals surface area (Å²) in [7, 11) is 0. The second-order valence-corrected chi connectivity index (χ2v) is 2.86. The van der Waals surface area contributed by atoms with E-state index < -0.39 is 0 Å². The Morgan fingerprint density at radius 2 is 2.25 bits per heavy atom. The van der Waals surface area contributed by atoms with Crippen LogP contribution < -0.4 is 0 Å². The van der Waals surface area contributed by atoms with Gasteiger partial charge in [0.15, 0.2) is 0 Å². The van der Waals surface area contributed by atoms with Crippen molar-refractivity contribution in [1.82, 2.24) is 0 Å². The Bertz CT molecular complexity index is 102. The summed E-state index contributed by atoms with van der Waals surface area (Å²) in [6.45, 7) is 6.38. The van der Waals surface area contributed by atoms with Crippen molar-refractivity contribution in [3.63, 3.8) is 0 Å². The van der Waals surface area contributed by atoms with Gasteiger partial charge in [0.05, 0.1) is 19.3 Å². The molecule has 0 saturated heterocycles. The van der Waals surface area contributed by atoms with Crippen LogP contribution in [0.15, 0.2) is 12.7 Å². The number of hydrogen-bond acceptors (Lipinski definition) is 2. The maximum Gasteiger partial charge on any atom is 0.0754 e. The predicted octanol–water partition coefficient (Wildman–Crippen LogP) is 2.13. The van der Waals surface area contributed by atoms with Gasteiger partial charge in [0.25, 0.3) is 0 Å². The minimum atomic E-state index is 0.0954. The average Bonchev–Trinajstić information content (AvgIpc) is 2.11. The molecule has 12 heavy (non-hydrogen) atoms. The minimum absolute atomic E-state index is 0.0954. The number of unbranched alkanes of at least 4 members (excludes halogenated alkanes) is 2. The van der Waals surface area contributed by atoms with E-state index >= 15 is 0 Å². The first-order valence-corrected chi connectivity index (χ1v) is 4.70. The normalized spacial score (nSPS) is 12.8. The molecule has 2 nitrogen and oxygen atoms in total. The van der Waals surface area contributed by atoms with Crippen LogP contribution in [0, 0.1) is 0 Å². The van der Waals surface area contributed by atoms with Gasteiger partial charge in [-0.25, -0.2) is 0 Å². The summed E-state index contributed by atoms with van der Waals surface area (Å²) < 4.78 is 5.32. The number of ether oxygens (including phenoxy) is 1. The van der Waals surface area contributed by atoms with Crippen LogP contribution in [0.3, 0.4) is 0 Å². The Kier molecular flexibility index (Phi) is 8.51. The maximum atomic E-state index is 8.52. The van der Waals surface area contributed by atoms with E-state index in [0.717, 1.165) is 6.42 Å². The van der Waals surface area contributed by atoms with Crippen molar-refractivity contribution in [2.45, 2.75) is 38.7 Å². The Balaban J connectivity index is 3.32. The molecule has 0 aliphatic heterocycles. The molecule has 1 N–H and O–H groups in total. The first-order valence-electron chi connectivity index (χ1n) is 4.70. The van der Waals surface area contributed by atoms with Gasteiger partial charge in [0, 0.05) is 0 Å². The average molecular weight is 172 g/mol. The van der Waals surface area contributed by atoms with Crippen LogP contribution in [0.25, 0.3) is 0 Å². The lowest BCUT2D eigenvalue weighted by atomic mass is 10.1. The summed E-state index contributed by atoms with van der Waals surface area (Å²) >= 11 is 0. The molecule has 0 heterocycles. The van der Waals surface area contributed by atoms with Gasteiger partial charge >= 0.3 is 0 Å². The molecule has 0 aromatic rings. The smallest absolute Gasteiger partial charge is 0.0754 e. The van der Waals surface area contributed by atoms with Crippen molar-refractivity contribution in [2.24, 2.45) is 0 Å². The topological polar surface area (TPSA) is 29.5 Å². The predicted molar refractivity (Wildman–Crippen MR) is 51.2 cm³/mol. The standard InChI is InChI=1S/C10H20O2/c1-3-5-6-7-10(4-2)12-9-8-11/h4,10-11H,2-3,5-9H2,1H3. The van der Waals surface area contributed by atoms with Crippen LogP contribution in [-0.4, -0.2) is 24.4 Å². The lowest BCUT2D eigenvalue weighted by Gasteiger charge is -2.12. The molecule has 0 aromatic heterocycles. The molecule has 0 fully saturated rings. The van der Waals surface area contributed by atoms with E-state index in [0.29, 0.717) is 6.61 Å². The molecule has 72 valence electrons. The van der Waals surface area contributed by atoms with Crippen molar-refractivity contribution in [1.29, 1.82) is 0 Å². The fourth-order valence-corrected chi connectivity index (χ4v) is 1.07. The van der Waals surface area contributed by atoms with Crippen LogP contribution in [0.4, 0.5) is 0 Å². The largest absolute Gasteiger partial charge is 0.394 e. The van der Waals surface area contributed by atoms with Gasteiger partial charge in [-0.05, 0) is 6.42 Å². The minimum Gasteiger partial charge on any atom is -0.394 e. The molecule has 0 radical (unpaired) electrons. The summed E-state index contributed by atoms with van der Waals surface area (Å²) in [5, 5.41) is 8.52. The second-order valence-electron chi connectivity index (χ2n) is 2.86. The zero-order valence-electron chi connectivity index (χ0n) is 7.96. The molecule has 0 amide bonds. The molecule has 0 saturated carbocycles. The van der Waals surface area contributed by atoms with E-state index in [1.165, 1.54) is 19.3 Å². The zero-order chi connectivity index (χ0) is 9.23. The third-order valence-corrected chi connectivity index (χ3v) is 1.78. The monoisotopic (exact) mass is 172 g/mol. The van der Waals surface area contributed by atoms with Crippen molar-refractivity contribution in [3.8, 4) is 0 Å². The van der Waals surface area contributed by atoms with Gasteiger partial charge < -0.3 is 9.84 Å².